The van der Waals surface area contributed by atoms with Crippen molar-refractivity contribution in [1.82, 2.24) is 19.8 Å². The van der Waals surface area contributed by atoms with Crippen LogP contribution in [-0.4, -0.2) is 58.6 Å². The van der Waals surface area contributed by atoms with Crippen molar-refractivity contribution in [3.63, 3.8) is 0 Å². The van der Waals surface area contributed by atoms with Crippen LogP contribution in [0, 0.1) is 0 Å². The van der Waals surface area contributed by atoms with Gasteiger partial charge in [-0.2, -0.15) is 4.79 Å². The molecule has 23 heavy (non-hydrogen) atoms. The number of morpholine rings is 1. The van der Waals surface area contributed by atoms with Crippen molar-refractivity contribution >= 4 is 11.6 Å². The highest BCUT2D eigenvalue weighted by Crippen LogP contribution is 2.26. The molecule has 1 amide bonds. The number of nitrogens with one attached hydrogen (secondary N) is 1. The SMILES string of the molecule is CCOc1cc(C(=O)N2CCOCC2)ccc1Nn1cncn1. The smallest absolute Gasteiger partial charge is 0.254 e. The van der Waals surface area contributed by atoms with Crippen LogP contribution in [0.5, 0.6) is 5.75 Å². The summed E-state index contributed by atoms with van der Waals surface area (Å²) in [6.45, 7) is 4.78. The summed E-state index contributed by atoms with van der Waals surface area (Å²) >= 11 is 0. The van der Waals surface area contributed by atoms with Crippen LogP contribution >= 0.6 is 0 Å². The van der Waals surface area contributed by atoms with Crippen LogP contribution in [-0.2, 0) is 4.74 Å². The third kappa shape index (κ3) is 3.59. The van der Waals surface area contributed by atoms with Gasteiger partial charge in [-0.15, -0.1) is 5.10 Å². The number of rotatable bonds is 5. The number of aromatic nitrogens is 3. The molecule has 1 fully saturated rings. The zero-order chi connectivity index (χ0) is 16.1. The minimum atomic E-state index is -0.0124. The van der Waals surface area contributed by atoms with E-state index in [9.17, 15) is 4.79 Å². The van der Waals surface area contributed by atoms with Gasteiger partial charge in [-0.3, -0.25) is 10.2 Å². The Morgan fingerprint density at radius 2 is 2.22 bits per heavy atom. The molecule has 0 spiro atoms. The Morgan fingerprint density at radius 3 is 2.91 bits per heavy atom. The van der Waals surface area contributed by atoms with Gasteiger partial charge in [0.15, 0.2) is 0 Å². The average Bonchev–Trinajstić information content (AvgIpc) is 3.10. The lowest BCUT2D eigenvalue weighted by Gasteiger charge is -2.27. The molecule has 0 saturated carbocycles. The molecule has 0 radical (unpaired) electrons. The summed E-state index contributed by atoms with van der Waals surface area (Å²) < 4.78 is 10.9. The number of nitrogens with zero attached hydrogens (tertiary/aromatic N) is 4. The second kappa shape index (κ2) is 7.10. The molecule has 8 heteroatoms. The Bertz CT molecular complexity index is 653. The molecular formula is C15H19N5O3. The molecule has 1 aliphatic rings. The predicted molar refractivity (Wildman–Crippen MR) is 83.4 cm³/mol. The van der Waals surface area contributed by atoms with Gasteiger partial charge in [0.2, 0.25) is 0 Å². The van der Waals surface area contributed by atoms with Crippen molar-refractivity contribution in [3.8, 4) is 5.75 Å². The number of amides is 1. The predicted octanol–water partition coefficient (Wildman–Crippen LogP) is 1.02. The van der Waals surface area contributed by atoms with Crippen LogP contribution in [0.25, 0.3) is 0 Å². The zero-order valence-corrected chi connectivity index (χ0v) is 12.9. The van der Waals surface area contributed by atoms with E-state index < -0.39 is 0 Å². The summed E-state index contributed by atoms with van der Waals surface area (Å²) in [5, 5.41) is 3.99. The quantitative estimate of drug-likeness (QED) is 0.887. The fraction of sp³-hybridized carbons (Fsp3) is 0.400. The second-order valence-electron chi connectivity index (χ2n) is 5.00. The van der Waals surface area contributed by atoms with Crippen LogP contribution < -0.4 is 10.2 Å². The number of anilines is 1. The topological polar surface area (TPSA) is 81.5 Å². The van der Waals surface area contributed by atoms with Gasteiger partial charge < -0.3 is 14.4 Å². The maximum Gasteiger partial charge on any atom is 0.254 e. The molecule has 0 aliphatic carbocycles. The standard InChI is InChI=1S/C15H19N5O3/c1-2-23-14-9-12(15(21)19-5-7-22-8-6-19)3-4-13(14)18-20-11-16-10-17-20/h3-4,9-11,18H,2,5-8H2,1H3. The van der Waals surface area contributed by atoms with E-state index in [1.54, 1.807) is 29.4 Å². The van der Waals surface area contributed by atoms with Crippen molar-refractivity contribution in [1.29, 1.82) is 0 Å². The third-order valence-electron chi connectivity index (χ3n) is 3.48. The van der Waals surface area contributed by atoms with E-state index in [1.807, 2.05) is 6.92 Å². The van der Waals surface area contributed by atoms with E-state index in [1.165, 1.54) is 11.1 Å². The Hall–Kier alpha value is -2.61. The number of carbonyl (C=O) groups is 1. The fourth-order valence-electron chi connectivity index (χ4n) is 2.36. The highest BCUT2D eigenvalue weighted by atomic mass is 16.5. The molecule has 1 N–H and O–H groups in total. The van der Waals surface area contributed by atoms with E-state index >= 15 is 0 Å². The van der Waals surface area contributed by atoms with Crippen LogP contribution in [0.15, 0.2) is 30.9 Å². The van der Waals surface area contributed by atoms with Crippen LogP contribution in [0.4, 0.5) is 5.69 Å². The van der Waals surface area contributed by atoms with Crippen molar-refractivity contribution in [3.05, 3.63) is 36.4 Å². The molecule has 2 aromatic rings. The molecule has 0 bridgehead atoms. The molecule has 8 nitrogen and oxygen atoms in total. The lowest BCUT2D eigenvalue weighted by molar-refractivity contribution is 0.0302. The summed E-state index contributed by atoms with van der Waals surface area (Å²) in [4.78, 5) is 19.7. The number of hydrogen-bond acceptors (Lipinski definition) is 6. The normalized spacial score (nSPS) is 14.6. The molecule has 0 atom stereocenters. The van der Waals surface area contributed by atoms with Gasteiger partial charge in [-0.25, -0.2) is 4.98 Å². The maximum atomic E-state index is 12.6. The summed E-state index contributed by atoms with van der Waals surface area (Å²) in [6.07, 6.45) is 2.98. The molecule has 1 aromatic carbocycles. The van der Waals surface area contributed by atoms with Crippen LogP contribution in [0.2, 0.25) is 0 Å². The van der Waals surface area contributed by atoms with Crippen LogP contribution in [0.1, 0.15) is 17.3 Å². The summed E-state index contributed by atoms with van der Waals surface area (Å²) in [5.74, 6) is 0.587. The molecule has 1 aromatic heterocycles. The van der Waals surface area contributed by atoms with Crippen molar-refractivity contribution in [2.45, 2.75) is 6.92 Å². The first kappa shape index (κ1) is 15.3. The largest absolute Gasteiger partial charge is 0.492 e. The van der Waals surface area contributed by atoms with Crippen molar-refractivity contribution in [2.24, 2.45) is 0 Å². The van der Waals surface area contributed by atoms with Crippen molar-refractivity contribution in [2.75, 3.05) is 38.3 Å². The van der Waals surface area contributed by atoms with Gasteiger partial charge in [0.25, 0.3) is 5.91 Å². The zero-order valence-electron chi connectivity index (χ0n) is 12.9. The van der Waals surface area contributed by atoms with E-state index in [0.717, 1.165) is 5.69 Å². The van der Waals surface area contributed by atoms with Gasteiger partial charge in [0.1, 0.15) is 18.4 Å². The lowest BCUT2D eigenvalue weighted by atomic mass is 10.1. The Balaban J connectivity index is 1.81. The highest BCUT2D eigenvalue weighted by Gasteiger charge is 2.19. The van der Waals surface area contributed by atoms with E-state index in [2.05, 4.69) is 15.5 Å². The fourth-order valence-corrected chi connectivity index (χ4v) is 2.36. The Morgan fingerprint density at radius 1 is 1.39 bits per heavy atom. The average molecular weight is 317 g/mol. The number of hydrogen-bond donors (Lipinski definition) is 1. The highest BCUT2D eigenvalue weighted by molar-refractivity contribution is 5.95. The van der Waals surface area contributed by atoms with Crippen molar-refractivity contribution < 1.29 is 14.3 Å². The lowest BCUT2D eigenvalue weighted by Crippen LogP contribution is -2.40. The van der Waals surface area contributed by atoms with E-state index in [4.69, 9.17) is 9.47 Å². The summed E-state index contributed by atoms with van der Waals surface area (Å²) in [5.41, 5.74) is 4.37. The third-order valence-corrected chi connectivity index (χ3v) is 3.48. The number of carbonyl (C=O) groups excluding carboxylic acids is 1. The van der Waals surface area contributed by atoms with E-state index in [0.29, 0.717) is 44.2 Å². The van der Waals surface area contributed by atoms with E-state index in [-0.39, 0.29) is 5.91 Å². The number of benzene rings is 1. The second-order valence-corrected chi connectivity index (χ2v) is 5.00. The Kier molecular flexibility index (Phi) is 4.72. The molecular weight excluding hydrogens is 298 g/mol. The first-order valence-electron chi connectivity index (χ1n) is 7.53. The molecule has 122 valence electrons. The van der Waals surface area contributed by atoms with Gasteiger partial charge in [-0.05, 0) is 25.1 Å². The monoisotopic (exact) mass is 317 g/mol. The summed E-state index contributed by atoms with van der Waals surface area (Å²) in [6, 6.07) is 5.33. The number of ether oxygens (including phenoxy) is 2. The van der Waals surface area contributed by atoms with Gasteiger partial charge in [-0.1, -0.05) is 0 Å². The molecule has 3 rings (SSSR count). The maximum absolute atomic E-state index is 12.6. The van der Waals surface area contributed by atoms with Crippen LogP contribution in [0.3, 0.4) is 0 Å². The van der Waals surface area contributed by atoms with Gasteiger partial charge in [0, 0.05) is 18.7 Å². The molecule has 1 aliphatic heterocycles. The summed E-state index contributed by atoms with van der Waals surface area (Å²) in [7, 11) is 0. The minimum absolute atomic E-state index is 0.0124. The van der Waals surface area contributed by atoms with Gasteiger partial charge in [0.05, 0.1) is 25.5 Å². The molecule has 0 unspecified atom stereocenters. The minimum Gasteiger partial charge on any atom is -0.492 e. The Labute approximate surface area is 134 Å². The first-order valence-corrected chi connectivity index (χ1v) is 7.53. The molecule has 2 heterocycles. The first-order chi connectivity index (χ1) is 11.3. The van der Waals surface area contributed by atoms with Gasteiger partial charge >= 0.3 is 0 Å². The molecule has 1 saturated heterocycles.